The number of alkyl halides is 3. The zero-order valence-electron chi connectivity index (χ0n) is 11.7. The standard InChI is InChI=1S/C10H13ClN4O.C2HF3O2/c11-8-1-2-9(13-7-8)10(16)14-15-5-3-12-4-6-15;3-2(4,5)1(6)7/h1-2,7,12H,3-6H2,(H,14,16);(H,6,7). The van der Waals surface area contributed by atoms with Gasteiger partial charge < -0.3 is 10.4 Å². The molecule has 0 bridgehead atoms. The Balaban J connectivity index is 0.000000322. The number of aromatic nitrogens is 1. The monoisotopic (exact) mass is 354 g/mol. The number of halogens is 4. The highest BCUT2D eigenvalue weighted by Crippen LogP contribution is 2.13. The van der Waals surface area contributed by atoms with Gasteiger partial charge in [0.25, 0.3) is 5.91 Å². The Morgan fingerprint density at radius 1 is 1.30 bits per heavy atom. The van der Waals surface area contributed by atoms with Gasteiger partial charge in [0.2, 0.25) is 0 Å². The molecule has 11 heteroatoms. The fraction of sp³-hybridized carbons (Fsp3) is 0.417. The van der Waals surface area contributed by atoms with Crippen LogP contribution in [0.5, 0.6) is 0 Å². The number of hydrogen-bond donors (Lipinski definition) is 3. The largest absolute Gasteiger partial charge is 0.490 e. The maximum Gasteiger partial charge on any atom is 0.490 e. The van der Waals surface area contributed by atoms with Gasteiger partial charge in [-0.05, 0) is 12.1 Å². The lowest BCUT2D eigenvalue weighted by atomic mass is 10.3. The van der Waals surface area contributed by atoms with E-state index in [2.05, 4.69) is 15.7 Å². The zero-order chi connectivity index (χ0) is 17.5. The second kappa shape index (κ2) is 8.65. The molecule has 128 valence electrons. The molecule has 0 atom stereocenters. The topological polar surface area (TPSA) is 94.6 Å². The molecule has 1 aliphatic rings. The van der Waals surface area contributed by atoms with E-state index in [1.807, 2.05) is 5.01 Å². The summed E-state index contributed by atoms with van der Waals surface area (Å²) in [5, 5.41) is 12.7. The van der Waals surface area contributed by atoms with Crippen molar-refractivity contribution in [1.29, 1.82) is 0 Å². The van der Waals surface area contributed by atoms with E-state index in [9.17, 15) is 18.0 Å². The first-order valence-electron chi connectivity index (χ1n) is 6.38. The highest BCUT2D eigenvalue weighted by Gasteiger charge is 2.38. The molecule has 0 saturated carbocycles. The van der Waals surface area contributed by atoms with Gasteiger partial charge in [-0.2, -0.15) is 13.2 Å². The first-order chi connectivity index (χ1) is 10.7. The summed E-state index contributed by atoms with van der Waals surface area (Å²) in [5.41, 5.74) is 3.18. The average molecular weight is 355 g/mol. The van der Waals surface area contributed by atoms with Gasteiger partial charge in [0.05, 0.1) is 5.02 Å². The highest BCUT2D eigenvalue weighted by molar-refractivity contribution is 6.30. The van der Waals surface area contributed by atoms with Gasteiger partial charge >= 0.3 is 12.1 Å². The number of aliphatic carboxylic acids is 1. The number of hydrogen-bond acceptors (Lipinski definition) is 5. The summed E-state index contributed by atoms with van der Waals surface area (Å²) in [4.78, 5) is 24.6. The third-order valence-corrected chi connectivity index (χ3v) is 2.80. The van der Waals surface area contributed by atoms with Crippen molar-refractivity contribution in [1.82, 2.24) is 20.7 Å². The minimum absolute atomic E-state index is 0.196. The van der Waals surface area contributed by atoms with Crippen LogP contribution >= 0.6 is 11.6 Å². The van der Waals surface area contributed by atoms with Gasteiger partial charge in [0, 0.05) is 32.4 Å². The Morgan fingerprint density at radius 3 is 2.30 bits per heavy atom. The maximum absolute atomic E-state index is 11.7. The second-order valence-electron chi connectivity index (χ2n) is 4.34. The van der Waals surface area contributed by atoms with Crippen molar-refractivity contribution in [3.63, 3.8) is 0 Å². The van der Waals surface area contributed by atoms with Crippen LogP contribution in [0.25, 0.3) is 0 Å². The summed E-state index contributed by atoms with van der Waals surface area (Å²) in [6.07, 6.45) is -3.62. The van der Waals surface area contributed by atoms with E-state index in [1.54, 1.807) is 12.1 Å². The van der Waals surface area contributed by atoms with Crippen LogP contribution in [-0.2, 0) is 4.79 Å². The number of rotatable bonds is 2. The summed E-state index contributed by atoms with van der Waals surface area (Å²) in [7, 11) is 0. The molecule has 1 aromatic heterocycles. The van der Waals surface area contributed by atoms with E-state index in [0.29, 0.717) is 10.7 Å². The molecule has 0 aliphatic carbocycles. The Morgan fingerprint density at radius 2 is 1.87 bits per heavy atom. The molecular weight excluding hydrogens is 341 g/mol. The zero-order valence-corrected chi connectivity index (χ0v) is 12.5. The van der Waals surface area contributed by atoms with Gasteiger partial charge in [-0.15, -0.1) is 0 Å². The first kappa shape index (κ1) is 19.1. The Bertz CT molecular complexity index is 533. The number of nitrogens with one attached hydrogen (secondary N) is 2. The van der Waals surface area contributed by atoms with E-state index in [4.69, 9.17) is 21.5 Å². The van der Waals surface area contributed by atoms with Crippen molar-refractivity contribution < 1.29 is 27.9 Å². The SMILES string of the molecule is O=C(NN1CCNCC1)c1ccc(Cl)cn1.O=C(O)C(F)(F)F. The lowest BCUT2D eigenvalue weighted by molar-refractivity contribution is -0.192. The van der Waals surface area contributed by atoms with E-state index in [1.165, 1.54) is 6.20 Å². The molecule has 2 heterocycles. The van der Waals surface area contributed by atoms with E-state index in [0.717, 1.165) is 26.2 Å². The van der Waals surface area contributed by atoms with Gasteiger partial charge in [0.15, 0.2) is 0 Å². The van der Waals surface area contributed by atoms with Crippen molar-refractivity contribution in [2.75, 3.05) is 26.2 Å². The minimum atomic E-state index is -5.08. The van der Waals surface area contributed by atoms with Crippen LogP contribution in [0.2, 0.25) is 5.02 Å². The Hall–Kier alpha value is -1.91. The quantitative estimate of drug-likeness (QED) is 0.731. The first-order valence-corrected chi connectivity index (χ1v) is 6.76. The molecule has 1 aromatic rings. The van der Waals surface area contributed by atoms with Gasteiger partial charge in [0.1, 0.15) is 5.69 Å². The molecule has 23 heavy (non-hydrogen) atoms. The fourth-order valence-electron chi connectivity index (χ4n) is 1.49. The molecule has 1 saturated heterocycles. The number of carbonyl (C=O) groups excluding carboxylic acids is 1. The second-order valence-corrected chi connectivity index (χ2v) is 4.78. The van der Waals surface area contributed by atoms with Gasteiger partial charge in [-0.3, -0.25) is 10.2 Å². The smallest absolute Gasteiger partial charge is 0.475 e. The van der Waals surface area contributed by atoms with Crippen molar-refractivity contribution in [2.24, 2.45) is 0 Å². The molecule has 3 N–H and O–H groups in total. The summed E-state index contributed by atoms with van der Waals surface area (Å²) >= 11 is 5.70. The number of nitrogens with zero attached hydrogens (tertiary/aromatic N) is 2. The maximum atomic E-state index is 11.7. The van der Waals surface area contributed by atoms with Crippen LogP contribution in [0.4, 0.5) is 13.2 Å². The predicted molar refractivity (Wildman–Crippen MR) is 74.8 cm³/mol. The molecule has 1 amide bonds. The van der Waals surface area contributed by atoms with Crippen molar-refractivity contribution in [2.45, 2.75) is 6.18 Å². The molecule has 2 rings (SSSR count). The van der Waals surface area contributed by atoms with Crippen LogP contribution in [-0.4, -0.2) is 59.3 Å². The predicted octanol–water partition coefficient (Wildman–Crippen LogP) is 0.918. The van der Waals surface area contributed by atoms with E-state index in [-0.39, 0.29) is 5.91 Å². The van der Waals surface area contributed by atoms with Crippen LogP contribution in [0.15, 0.2) is 18.3 Å². The molecule has 1 fully saturated rings. The number of piperazine rings is 1. The lowest BCUT2D eigenvalue weighted by Gasteiger charge is -2.27. The summed E-state index contributed by atoms with van der Waals surface area (Å²) in [6, 6.07) is 3.26. The van der Waals surface area contributed by atoms with Gasteiger partial charge in [-0.25, -0.2) is 14.8 Å². The average Bonchev–Trinajstić information content (AvgIpc) is 2.48. The number of pyridine rings is 1. The van der Waals surface area contributed by atoms with E-state index >= 15 is 0 Å². The normalized spacial score (nSPS) is 15.3. The third-order valence-electron chi connectivity index (χ3n) is 2.58. The van der Waals surface area contributed by atoms with Crippen LogP contribution in [0.3, 0.4) is 0 Å². The van der Waals surface area contributed by atoms with Crippen molar-refractivity contribution in [3.05, 3.63) is 29.0 Å². The van der Waals surface area contributed by atoms with Gasteiger partial charge in [-0.1, -0.05) is 11.6 Å². The molecule has 1 aliphatic heterocycles. The number of carbonyl (C=O) groups is 2. The highest BCUT2D eigenvalue weighted by atomic mass is 35.5. The third kappa shape index (κ3) is 7.26. The minimum Gasteiger partial charge on any atom is -0.475 e. The number of hydrazine groups is 1. The molecule has 7 nitrogen and oxygen atoms in total. The Labute approximate surface area is 134 Å². The molecule has 0 aromatic carbocycles. The molecule has 0 spiro atoms. The number of amides is 1. The van der Waals surface area contributed by atoms with Crippen LogP contribution < -0.4 is 10.7 Å². The van der Waals surface area contributed by atoms with E-state index < -0.39 is 12.1 Å². The summed E-state index contributed by atoms with van der Waals surface area (Å²) in [5.74, 6) is -2.95. The molecular formula is C12H14ClF3N4O3. The fourth-order valence-corrected chi connectivity index (χ4v) is 1.60. The van der Waals surface area contributed by atoms with Crippen LogP contribution in [0.1, 0.15) is 10.5 Å². The molecule has 0 radical (unpaired) electrons. The molecule has 0 unspecified atom stereocenters. The summed E-state index contributed by atoms with van der Waals surface area (Å²) in [6.45, 7) is 3.38. The van der Waals surface area contributed by atoms with Crippen molar-refractivity contribution in [3.8, 4) is 0 Å². The van der Waals surface area contributed by atoms with Crippen molar-refractivity contribution >= 4 is 23.5 Å². The van der Waals surface area contributed by atoms with Crippen LogP contribution in [0, 0.1) is 0 Å². The lowest BCUT2D eigenvalue weighted by Crippen LogP contribution is -2.52. The Kier molecular flexibility index (Phi) is 7.20. The summed E-state index contributed by atoms with van der Waals surface area (Å²) < 4.78 is 31.7. The number of carboxylic acid groups (broad SMARTS) is 1. The number of carboxylic acids is 1.